The number of benzene rings is 7. The predicted octanol–water partition coefficient (Wildman–Crippen LogP) is 12.1. The van der Waals surface area contributed by atoms with E-state index < -0.39 is 5.41 Å². The van der Waals surface area contributed by atoms with Gasteiger partial charge in [-0.15, -0.1) is 11.3 Å². The molecule has 0 radical (unpaired) electrons. The van der Waals surface area contributed by atoms with Gasteiger partial charge in [-0.05, 0) is 103 Å². The summed E-state index contributed by atoms with van der Waals surface area (Å²) in [4.78, 5) is 2.44. The van der Waals surface area contributed by atoms with Gasteiger partial charge in [0, 0.05) is 42.8 Å². The van der Waals surface area contributed by atoms with E-state index in [1.165, 1.54) is 86.6 Å². The van der Waals surface area contributed by atoms with Crippen molar-refractivity contribution in [2.45, 2.75) is 24.7 Å². The summed E-state index contributed by atoms with van der Waals surface area (Å²) in [6.07, 6.45) is 6.43. The van der Waals surface area contributed by atoms with Gasteiger partial charge < -0.3 is 4.90 Å². The van der Waals surface area contributed by atoms with Gasteiger partial charge in [-0.3, -0.25) is 0 Å². The molecule has 54 heavy (non-hydrogen) atoms. The molecule has 7 aromatic carbocycles. The summed E-state index contributed by atoms with van der Waals surface area (Å²) in [6, 6.07) is 59.1. The number of nitrogens with zero attached hydrogens (tertiary/aromatic N) is 1. The second-order valence-corrected chi connectivity index (χ2v) is 16.4. The third-order valence-electron chi connectivity index (χ3n) is 12.3. The van der Waals surface area contributed by atoms with Crippen molar-refractivity contribution in [2.24, 2.45) is 0 Å². The van der Waals surface area contributed by atoms with Crippen molar-refractivity contribution in [2.75, 3.05) is 4.90 Å². The molecule has 11 rings (SSSR count). The normalized spacial score (nSPS) is 15.4. The summed E-state index contributed by atoms with van der Waals surface area (Å²) in [5, 5.41) is 2.45. The standard InChI is InChI=1S/C52H37NS/c1-4-15-49-42(41-20-9-14-25-50(41)54-49)32-53(33-26-28-39-35-16-5-10-21-43(35)51(2,3)47(39)30-33)34-27-29-40-38-19-8-13-24-46(38)52(48(40)31-34)44-22-11-6-17-36(44)37-18-7-12-23-45(37)52/h4-32H,1H2,2-3H3/b42-32-,49-15+. The molecule has 0 aliphatic heterocycles. The van der Waals surface area contributed by atoms with E-state index in [0.29, 0.717) is 0 Å². The molecule has 0 atom stereocenters. The molecule has 0 bridgehead atoms. The molecule has 0 saturated heterocycles. The van der Waals surface area contributed by atoms with Gasteiger partial charge in [-0.2, -0.15) is 0 Å². The average molecular weight is 708 g/mol. The predicted molar refractivity (Wildman–Crippen MR) is 229 cm³/mol. The molecular formula is C52H37NS. The molecule has 0 amide bonds. The van der Waals surface area contributed by atoms with Crippen LogP contribution >= 0.6 is 11.3 Å². The molecule has 1 spiro atoms. The average Bonchev–Trinajstić information content (AvgIpc) is 3.89. The monoisotopic (exact) mass is 707 g/mol. The Balaban J connectivity index is 1.21. The van der Waals surface area contributed by atoms with Crippen molar-refractivity contribution in [1.82, 2.24) is 0 Å². The molecule has 0 fully saturated rings. The maximum atomic E-state index is 4.10. The van der Waals surface area contributed by atoms with Gasteiger partial charge in [0.05, 0.1) is 5.41 Å². The molecule has 8 aromatic rings. The Morgan fingerprint density at radius 2 is 0.963 bits per heavy atom. The van der Waals surface area contributed by atoms with Crippen molar-refractivity contribution >= 4 is 45.1 Å². The minimum Gasteiger partial charge on any atom is -0.316 e. The molecule has 0 saturated carbocycles. The van der Waals surface area contributed by atoms with Gasteiger partial charge in [0.2, 0.25) is 0 Å². The number of hydrogen-bond acceptors (Lipinski definition) is 2. The minimum absolute atomic E-state index is 0.120. The Morgan fingerprint density at radius 3 is 1.56 bits per heavy atom. The van der Waals surface area contributed by atoms with Crippen LogP contribution < -0.4 is 14.7 Å². The third kappa shape index (κ3) is 4.09. The smallest absolute Gasteiger partial charge is 0.0726 e. The second-order valence-electron chi connectivity index (χ2n) is 15.3. The quantitative estimate of drug-likeness (QED) is 0.176. The van der Waals surface area contributed by atoms with Crippen molar-refractivity contribution in [1.29, 1.82) is 0 Å². The van der Waals surface area contributed by atoms with Crippen LogP contribution in [0, 0.1) is 0 Å². The Bertz CT molecular complexity index is 2950. The van der Waals surface area contributed by atoms with Crippen molar-refractivity contribution in [3.63, 3.8) is 0 Å². The molecule has 0 unspecified atom stereocenters. The molecule has 1 aromatic heterocycles. The van der Waals surface area contributed by atoms with Gasteiger partial charge in [-0.25, -0.2) is 0 Å². The number of hydrogen-bond donors (Lipinski definition) is 0. The molecule has 3 aliphatic rings. The fourth-order valence-electron chi connectivity index (χ4n) is 9.95. The lowest BCUT2D eigenvalue weighted by Gasteiger charge is -2.31. The zero-order chi connectivity index (χ0) is 36.2. The maximum Gasteiger partial charge on any atom is 0.0726 e. The number of fused-ring (bicyclic) bond motifs is 14. The van der Waals surface area contributed by atoms with Gasteiger partial charge in [0.1, 0.15) is 0 Å². The number of thiophene rings is 1. The van der Waals surface area contributed by atoms with Crippen LogP contribution in [0.4, 0.5) is 11.4 Å². The topological polar surface area (TPSA) is 3.24 Å². The van der Waals surface area contributed by atoms with Crippen LogP contribution in [0.15, 0.2) is 170 Å². The number of allylic oxidation sites excluding steroid dienone is 1. The first-order valence-corrected chi connectivity index (χ1v) is 19.6. The highest BCUT2D eigenvalue weighted by atomic mass is 32.1. The number of rotatable bonds is 4. The molecule has 0 N–H and O–H groups in total. The van der Waals surface area contributed by atoms with E-state index in [1.54, 1.807) is 0 Å². The lowest BCUT2D eigenvalue weighted by Crippen LogP contribution is -2.27. The first-order chi connectivity index (χ1) is 26.5. The van der Waals surface area contributed by atoms with E-state index in [2.05, 4.69) is 195 Å². The minimum atomic E-state index is -0.417. The van der Waals surface area contributed by atoms with Gasteiger partial charge in [0.25, 0.3) is 0 Å². The lowest BCUT2D eigenvalue weighted by molar-refractivity contribution is 0.660. The summed E-state index contributed by atoms with van der Waals surface area (Å²) in [5.41, 5.74) is 17.8. The number of anilines is 2. The fourth-order valence-corrected chi connectivity index (χ4v) is 11.1. The largest absolute Gasteiger partial charge is 0.316 e. The Hall–Kier alpha value is -6.22. The van der Waals surface area contributed by atoms with E-state index in [4.69, 9.17) is 0 Å². The zero-order valence-corrected chi connectivity index (χ0v) is 31.1. The van der Waals surface area contributed by atoms with Crippen LogP contribution in [-0.4, -0.2) is 0 Å². The Morgan fingerprint density at radius 1 is 0.500 bits per heavy atom. The summed E-state index contributed by atoms with van der Waals surface area (Å²) in [6.45, 7) is 8.83. The van der Waals surface area contributed by atoms with Crippen LogP contribution in [0.5, 0.6) is 0 Å². The van der Waals surface area contributed by atoms with E-state index in [-0.39, 0.29) is 5.41 Å². The highest BCUT2D eigenvalue weighted by Gasteiger charge is 2.51. The second kappa shape index (κ2) is 11.4. The van der Waals surface area contributed by atoms with Crippen LogP contribution in [0.1, 0.15) is 47.2 Å². The van der Waals surface area contributed by atoms with E-state index in [0.717, 1.165) is 11.4 Å². The molecule has 256 valence electrons. The summed E-state index contributed by atoms with van der Waals surface area (Å²) in [5.74, 6) is 0. The highest BCUT2D eigenvalue weighted by Crippen LogP contribution is 2.63. The molecule has 2 heteroatoms. The Labute approximate surface area is 320 Å². The van der Waals surface area contributed by atoms with Crippen molar-refractivity contribution in [3.8, 4) is 33.4 Å². The van der Waals surface area contributed by atoms with Crippen LogP contribution in [-0.2, 0) is 10.8 Å². The molecular weight excluding hydrogens is 671 g/mol. The fraction of sp³-hybridized carbons (Fsp3) is 0.0769. The molecule has 1 heterocycles. The first kappa shape index (κ1) is 31.3. The zero-order valence-electron chi connectivity index (χ0n) is 30.3. The third-order valence-corrected chi connectivity index (χ3v) is 13.4. The Kier molecular flexibility index (Phi) is 6.61. The molecule has 3 aliphatic carbocycles. The summed E-state index contributed by atoms with van der Waals surface area (Å²) in [7, 11) is 0. The van der Waals surface area contributed by atoms with Crippen LogP contribution in [0.3, 0.4) is 0 Å². The van der Waals surface area contributed by atoms with E-state index in [9.17, 15) is 0 Å². The lowest BCUT2D eigenvalue weighted by atomic mass is 9.70. The first-order valence-electron chi connectivity index (χ1n) is 18.8. The van der Waals surface area contributed by atoms with Crippen LogP contribution in [0.2, 0.25) is 0 Å². The maximum absolute atomic E-state index is 4.10. The van der Waals surface area contributed by atoms with Crippen molar-refractivity contribution in [3.05, 3.63) is 214 Å². The van der Waals surface area contributed by atoms with Gasteiger partial charge in [0.15, 0.2) is 0 Å². The summed E-state index contributed by atoms with van der Waals surface area (Å²) < 4.78 is 2.47. The summed E-state index contributed by atoms with van der Waals surface area (Å²) >= 11 is 1.82. The van der Waals surface area contributed by atoms with Crippen molar-refractivity contribution < 1.29 is 0 Å². The molecule has 1 nitrogen and oxygen atoms in total. The SMILES string of the molecule is C=C/C=c1/sc2ccccc2/c1=C/N(c1ccc2c(c1)C(C)(C)c1ccccc1-2)c1ccc2c(c1)C1(c3ccccc3-c3ccccc31)c1ccccc1-2. The van der Waals surface area contributed by atoms with Gasteiger partial charge in [-0.1, -0.05) is 154 Å². The van der Waals surface area contributed by atoms with Crippen LogP contribution in [0.25, 0.3) is 55.7 Å². The van der Waals surface area contributed by atoms with Gasteiger partial charge >= 0.3 is 0 Å². The van der Waals surface area contributed by atoms with E-state index in [1.807, 2.05) is 17.4 Å². The highest BCUT2D eigenvalue weighted by molar-refractivity contribution is 7.17. The van der Waals surface area contributed by atoms with E-state index >= 15 is 0 Å².